The SMILES string of the molecule is COc1cccc(CC(=O)NCc2ccc(NC(N)=O)cc2)c1. The fourth-order valence-electron chi connectivity index (χ4n) is 2.08. The zero-order chi connectivity index (χ0) is 16.7. The van der Waals surface area contributed by atoms with Gasteiger partial charge >= 0.3 is 6.03 Å². The van der Waals surface area contributed by atoms with Crippen molar-refractivity contribution in [1.82, 2.24) is 5.32 Å². The first kappa shape index (κ1) is 16.4. The number of methoxy groups -OCH3 is 1. The monoisotopic (exact) mass is 313 g/mol. The second-order valence-electron chi connectivity index (χ2n) is 4.99. The largest absolute Gasteiger partial charge is 0.497 e. The number of anilines is 1. The maximum atomic E-state index is 12.0. The Morgan fingerprint density at radius 3 is 2.48 bits per heavy atom. The minimum absolute atomic E-state index is 0.0717. The highest BCUT2D eigenvalue weighted by atomic mass is 16.5. The molecular weight excluding hydrogens is 294 g/mol. The smallest absolute Gasteiger partial charge is 0.316 e. The highest BCUT2D eigenvalue weighted by molar-refractivity contribution is 5.87. The van der Waals surface area contributed by atoms with Crippen molar-refractivity contribution in [1.29, 1.82) is 0 Å². The number of amides is 3. The van der Waals surface area contributed by atoms with Crippen LogP contribution in [0.1, 0.15) is 11.1 Å². The standard InChI is InChI=1S/C17H19N3O3/c1-23-15-4-2-3-13(9-15)10-16(21)19-11-12-5-7-14(8-6-12)20-17(18)22/h2-9H,10-11H2,1H3,(H,19,21)(H3,18,20,22). The molecule has 0 unspecified atom stereocenters. The Hall–Kier alpha value is -3.02. The van der Waals surface area contributed by atoms with E-state index >= 15 is 0 Å². The number of hydrogen-bond donors (Lipinski definition) is 3. The van der Waals surface area contributed by atoms with Gasteiger partial charge in [0.25, 0.3) is 0 Å². The molecule has 0 fully saturated rings. The Morgan fingerprint density at radius 1 is 1.09 bits per heavy atom. The van der Waals surface area contributed by atoms with Gasteiger partial charge in [0, 0.05) is 12.2 Å². The third-order valence-corrected chi connectivity index (χ3v) is 3.21. The summed E-state index contributed by atoms with van der Waals surface area (Å²) in [6.45, 7) is 0.416. The highest BCUT2D eigenvalue weighted by Crippen LogP contribution is 2.13. The molecule has 0 aliphatic carbocycles. The van der Waals surface area contributed by atoms with Crippen molar-refractivity contribution < 1.29 is 14.3 Å². The number of ether oxygens (including phenoxy) is 1. The first-order valence-electron chi connectivity index (χ1n) is 7.12. The van der Waals surface area contributed by atoms with Gasteiger partial charge < -0.3 is 21.1 Å². The van der Waals surface area contributed by atoms with Crippen LogP contribution in [0.15, 0.2) is 48.5 Å². The van der Waals surface area contributed by atoms with Gasteiger partial charge in [-0.2, -0.15) is 0 Å². The van der Waals surface area contributed by atoms with E-state index in [0.29, 0.717) is 18.7 Å². The summed E-state index contributed by atoms with van der Waals surface area (Å²) in [7, 11) is 1.59. The first-order chi connectivity index (χ1) is 11.1. The van der Waals surface area contributed by atoms with Gasteiger partial charge in [0.15, 0.2) is 0 Å². The molecule has 0 radical (unpaired) electrons. The molecule has 0 aliphatic heterocycles. The van der Waals surface area contributed by atoms with Crippen LogP contribution < -0.4 is 21.1 Å². The molecule has 23 heavy (non-hydrogen) atoms. The molecule has 0 atom stereocenters. The third kappa shape index (κ3) is 5.35. The van der Waals surface area contributed by atoms with Crippen molar-refractivity contribution in [3.63, 3.8) is 0 Å². The Balaban J connectivity index is 1.85. The molecule has 0 saturated heterocycles. The van der Waals surface area contributed by atoms with E-state index in [2.05, 4.69) is 10.6 Å². The third-order valence-electron chi connectivity index (χ3n) is 3.21. The fraction of sp³-hybridized carbons (Fsp3) is 0.176. The van der Waals surface area contributed by atoms with E-state index in [4.69, 9.17) is 10.5 Å². The average molecular weight is 313 g/mol. The van der Waals surface area contributed by atoms with E-state index in [1.165, 1.54) is 0 Å². The second kappa shape index (κ2) is 7.84. The summed E-state index contributed by atoms with van der Waals surface area (Å²) in [6, 6.07) is 13.9. The molecule has 120 valence electrons. The average Bonchev–Trinajstić information content (AvgIpc) is 2.54. The highest BCUT2D eigenvalue weighted by Gasteiger charge is 2.05. The van der Waals surface area contributed by atoms with Crippen molar-refractivity contribution in [2.24, 2.45) is 5.73 Å². The van der Waals surface area contributed by atoms with Crippen molar-refractivity contribution in [2.75, 3.05) is 12.4 Å². The number of urea groups is 1. The van der Waals surface area contributed by atoms with Crippen LogP contribution in [-0.4, -0.2) is 19.0 Å². The Bertz CT molecular complexity index is 684. The van der Waals surface area contributed by atoms with E-state index in [-0.39, 0.29) is 5.91 Å². The Kier molecular flexibility index (Phi) is 5.57. The number of benzene rings is 2. The van der Waals surface area contributed by atoms with Crippen LogP contribution >= 0.6 is 0 Å². The zero-order valence-electron chi connectivity index (χ0n) is 12.8. The van der Waals surface area contributed by atoms with Gasteiger partial charge in [-0.3, -0.25) is 4.79 Å². The number of nitrogens with one attached hydrogen (secondary N) is 2. The van der Waals surface area contributed by atoms with Crippen LogP contribution in [0.2, 0.25) is 0 Å². The van der Waals surface area contributed by atoms with Crippen molar-refractivity contribution in [2.45, 2.75) is 13.0 Å². The van der Waals surface area contributed by atoms with Crippen LogP contribution in [0.25, 0.3) is 0 Å². The zero-order valence-corrected chi connectivity index (χ0v) is 12.8. The van der Waals surface area contributed by atoms with E-state index in [1.807, 2.05) is 36.4 Å². The summed E-state index contributed by atoms with van der Waals surface area (Å²) in [6.07, 6.45) is 0.290. The Labute approximate surface area is 134 Å². The summed E-state index contributed by atoms with van der Waals surface area (Å²) in [4.78, 5) is 22.7. The summed E-state index contributed by atoms with van der Waals surface area (Å²) in [5.41, 5.74) is 7.47. The van der Waals surface area contributed by atoms with E-state index in [0.717, 1.165) is 16.9 Å². The first-order valence-corrected chi connectivity index (χ1v) is 7.12. The van der Waals surface area contributed by atoms with Crippen molar-refractivity contribution >= 4 is 17.6 Å². The molecule has 6 nitrogen and oxygen atoms in total. The molecule has 0 saturated carbocycles. The molecule has 0 bridgehead atoms. The van der Waals surface area contributed by atoms with Gasteiger partial charge in [0.1, 0.15) is 5.75 Å². The lowest BCUT2D eigenvalue weighted by molar-refractivity contribution is -0.120. The molecule has 2 rings (SSSR count). The van der Waals surface area contributed by atoms with Gasteiger partial charge in [0.05, 0.1) is 13.5 Å². The lowest BCUT2D eigenvalue weighted by Gasteiger charge is -2.08. The number of primary amides is 1. The van der Waals surface area contributed by atoms with E-state index in [1.54, 1.807) is 19.2 Å². The number of hydrogen-bond acceptors (Lipinski definition) is 3. The fourth-order valence-corrected chi connectivity index (χ4v) is 2.08. The maximum Gasteiger partial charge on any atom is 0.316 e. The molecule has 6 heteroatoms. The van der Waals surface area contributed by atoms with Crippen LogP contribution in [0.4, 0.5) is 10.5 Å². The second-order valence-corrected chi connectivity index (χ2v) is 4.99. The predicted octanol–water partition coefficient (Wildman–Crippen LogP) is 2.04. The molecule has 2 aromatic rings. The maximum absolute atomic E-state index is 12.0. The molecule has 4 N–H and O–H groups in total. The lowest BCUT2D eigenvalue weighted by atomic mass is 10.1. The summed E-state index contributed by atoms with van der Waals surface area (Å²) >= 11 is 0. The lowest BCUT2D eigenvalue weighted by Crippen LogP contribution is -2.24. The van der Waals surface area contributed by atoms with Gasteiger partial charge in [-0.1, -0.05) is 24.3 Å². The minimum atomic E-state index is -0.607. The molecular formula is C17H19N3O3. The van der Waals surface area contributed by atoms with Crippen LogP contribution in [0.5, 0.6) is 5.75 Å². The molecule has 2 aromatic carbocycles. The topological polar surface area (TPSA) is 93.4 Å². The Morgan fingerprint density at radius 2 is 1.83 bits per heavy atom. The van der Waals surface area contributed by atoms with Gasteiger partial charge in [-0.05, 0) is 35.4 Å². The van der Waals surface area contributed by atoms with Gasteiger partial charge in [0.2, 0.25) is 5.91 Å². The van der Waals surface area contributed by atoms with Crippen molar-refractivity contribution in [3.05, 3.63) is 59.7 Å². The number of carbonyl (C=O) groups excluding carboxylic acids is 2. The molecule has 0 spiro atoms. The molecule has 0 heterocycles. The number of nitrogens with two attached hydrogens (primary N) is 1. The quantitative estimate of drug-likeness (QED) is 0.762. The predicted molar refractivity (Wildman–Crippen MR) is 88.2 cm³/mol. The van der Waals surface area contributed by atoms with E-state index in [9.17, 15) is 9.59 Å². The van der Waals surface area contributed by atoms with Crippen LogP contribution in [0.3, 0.4) is 0 Å². The minimum Gasteiger partial charge on any atom is -0.497 e. The molecule has 0 aromatic heterocycles. The normalized spacial score (nSPS) is 9.96. The van der Waals surface area contributed by atoms with Crippen molar-refractivity contribution in [3.8, 4) is 5.75 Å². The summed E-state index contributed by atoms with van der Waals surface area (Å²) in [5.74, 6) is 0.658. The number of rotatable bonds is 6. The summed E-state index contributed by atoms with van der Waals surface area (Å²) < 4.78 is 5.13. The summed E-state index contributed by atoms with van der Waals surface area (Å²) in [5, 5.41) is 5.33. The van der Waals surface area contributed by atoms with Crippen LogP contribution in [0, 0.1) is 0 Å². The number of carbonyl (C=O) groups is 2. The molecule has 3 amide bonds. The van der Waals surface area contributed by atoms with E-state index < -0.39 is 6.03 Å². The van der Waals surface area contributed by atoms with Crippen LogP contribution in [-0.2, 0) is 17.8 Å². The molecule has 0 aliphatic rings. The van der Waals surface area contributed by atoms with Gasteiger partial charge in [-0.15, -0.1) is 0 Å². The van der Waals surface area contributed by atoms with Gasteiger partial charge in [-0.25, -0.2) is 4.79 Å².